The van der Waals surface area contributed by atoms with Crippen molar-refractivity contribution in [3.05, 3.63) is 79.1 Å². The highest BCUT2D eigenvalue weighted by Crippen LogP contribution is 2.22. The monoisotopic (exact) mass is 394 g/mol. The number of halogens is 3. The third kappa shape index (κ3) is 3.85. The number of nitrogens with zero attached hydrogens (tertiary/aromatic N) is 1. The Morgan fingerprint density at radius 1 is 1.08 bits per heavy atom. The number of carbonyl (C=O) groups excluding carboxylic acids is 1. The van der Waals surface area contributed by atoms with Crippen molar-refractivity contribution in [2.75, 3.05) is 0 Å². The van der Waals surface area contributed by atoms with E-state index in [1.165, 1.54) is 36.7 Å². The molecule has 1 amide bonds. The van der Waals surface area contributed by atoms with Crippen LogP contribution in [0.1, 0.15) is 15.9 Å². The maximum absolute atomic E-state index is 12.4. The molecule has 5 nitrogen and oxygen atoms in total. The molecule has 0 unspecified atom stereocenters. The van der Waals surface area contributed by atoms with Gasteiger partial charge in [-0.15, -0.1) is 0 Å². The first kappa shape index (κ1) is 17.5. The van der Waals surface area contributed by atoms with Crippen LogP contribution in [0.4, 0.5) is 0 Å². The topological polar surface area (TPSA) is 71.7 Å². The highest BCUT2D eigenvalue weighted by Gasteiger charge is 2.08. The van der Waals surface area contributed by atoms with E-state index in [4.69, 9.17) is 39.2 Å². The standard InChI is InChI=1S/C17H9Cl3N2O3/c18-11-2-4-15-12(6-11)16(23)10(8-25-15)7-21-22-17(24)9-1-3-13(19)14(20)5-9/h1-8H,(H,22,24)/b21-7+. The fourth-order valence-electron chi connectivity index (χ4n) is 2.07. The zero-order valence-corrected chi connectivity index (χ0v) is 14.7. The summed E-state index contributed by atoms with van der Waals surface area (Å²) in [5.74, 6) is -0.497. The minimum Gasteiger partial charge on any atom is -0.463 e. The Morgan fingerprint density at radius 3 is 2.64 bits per heavy atom. The molecule has 126 valence electrons. The lowest BCUT2D eigenvalue weighted by atomic mass is 10.2. The van der Waals surface area contributed by atoms with Gasteiger partial charge < -0.3 is 4.42 Å². The maximum atomic E-state index is 12.4. The Hall–Kier alpha value is -2.34. The number of fused-ring (bicyclic) bond motifs is 1. The molecule has 0 saturated carbocycles. The first-order valence-electron chi connectivity index (χ1n) is 6.95. The number of hydrazone groups is 1. The molecule has 0 fully saturated rings. The lowest BCUT2D eigenvalue weighted by Crippen LogP contribution is -2.18. The Balaban J connectivity index is 1.81. The normalized spacial score (nSPS) is 11.2. The molecule has 1 aromatic heterocycles. The Kier molecular flexibility index (Phi) is 5.08. The number of carbonyl (C=O) groups is 1. The van der Waals surface area contributed by atoms with Crippen LogP contribution in [0.15, 0.2) is 57.0 Å². The number of rotatable bonds is 3. The molecule has 0 radical (unpaired) electrons. The highest BCUT2D eigenvalue weighted by molar-refractivity contribution is 6.42. The van der Waals surface area contributed by atoms with Crippen LogP contribution in [-0.2, 0) is 0 Å². The highest BCUT2D eigenvalue weighted by atomic mass is 35.5. The van der Waals surface area contributed by atoms with Gasteiger partial charge in [-0.25, -0.2) is 5.43 Å². The van der Waals surface area contributed by atoms with E-state index >= 15 is 0 Å². The summed E-state index contributed by atoms with van der Waals surface area (Å²) in [4.78, 5) is 24.3. The van der Waals surface area contributed by atoms with E-state index < -0.39 is 5.91 Å². The SMILES string of the molecule is O=C(N/N=C/c1coc2ccc(Cl)cc2c1=O)c1ccc(Cl)c(Cl)c1. The van der Waals surface area contributed by atoms with E-state index in [0.29, 0.717) is 21.0 Å². The van der Waals surface area contributed by atoms with Gasteiger partial charge in [0.15, 0.2) is 0 Å². The Bertz CT molecular complexity index is 1060. The van der Waals surface area contributed by atoms with Crippen LogP contribution in [0, 0.1) is 0 Å². The van der Waals surface area contributed by atoms with Gasteiger partial charge in [-0.1, -0.05) is 34.8 Å². The Labute approximate surface area is 156 Å². The fraction of sp³-hybridized carbons (Fsp3) is 0. The van der Waals surface area contributed by atoms with E-state index in [1.54, 1.807) is 12.1 Å². The van der Waals surface area contributed by atoms with Crippen LogP contribution in [0.25, 0.3) is 11.0 Å². The van der Waals surface area contributed by atoms with Gasteiger partial charge >= 0.3 is 0 Å². The summed E-state index contributed by atoms with van der Waals surface area (Å²) in [6.07, 6.45) is 2.45. The minimum atomic E-state index is -0.497. The second kappa shape index (κ2) is 7.27. The van der Waals surface area contributed by atoms with Crippen LogP contribution in [0.3, 0.4) is 0 Å². The fourth-order valence-corrected chi connectivity index (χ4v) is 2.54. The van der Waals surface area contributed by atoms with Crippen molar-refractivity contribution in [3.63, 3.8) is 0 Å². The molecule has 1 N–H and O–H groups in total. The zero-order valence-electron chi connectivity index (χ0n) is 12.4. The number of hydrogen-bond donors (Lipinski definition) is 1. The quantitative estimate of drug-likeness (QED) is 0.523. The summed E-state index contributed by atoms with van der Waals surface area (Å²) in [6, 6.07) is 9.16. The molecule has 25 heavy (non-hydrogen) atoms. The number of nitrogens with one attached hydrogen (secondary N) is 1. The Morgan fingerprint density at radius 2 is 1.88 bits per heavy atom. The molecular weight excluding hydrogens is 387 g/mol. The van der Waals surface area contributed by atoms with Crippen molar-refractivity contribution in [3.8, 4) is 0 Å². The largest absolute Gasteiger partial charge is 0.463 e. The smallest absolute Gasteiger partial charge is 0.271 e. The molecule has 0 aliphatic carbocycles. The number of amides is 1. The predicted octanol–water partition coefficient (Wildman–Crippen LogP) is 4.52. The van der Waals surface area contributed by atoms with Gasteiger partial charge in [0.1, 0.15) is 11.8 Å². The molecule has 0 atom stereocenters. The van der Waals surface area contributed by atoms with Crippen LogP contribution in [0.5, 0.6) is 0 Å². The van der Waals surface area contributed by atoms with Gasteiger partial charge in [0.2, 0.25) is 5.43 Å². The average Bonchev–Trinajstić information content (AvgIpc) is 2.59. The van der Waals surface area contributed by atoms with E-state index in [2.05, 4.69) is 10.5 Å². The third-order valence-corrected chi connectivity index (χ3v) is 4.29. The molecule has 0 aliphatic heterocycles. The second-order valence-electron chi connectivity index (χ2n) is 4.99. The van der Waals surface area contributed by atoms with Crippen molar-refractivity contribution < 1.29 is 9.21 Å². The van der Waals surface area contributed by atoms with Gasteiger partial charge in [0.25, 0.3) is 5.91 Å². The summed E-state index contributed by atoms with van der Waals surface area (Å²) in [7, 11) is 0. The average molecular weight is 396 g/mol. The predicted molar refractivity (Wildman–Crippen MR) is 99.0 cm³/mol. The minimum absolute atomic E-state index is 0.171. The molecule has 0 saturated heterocycles. The third-order valence-electron chi connectivity index (χ3n) is 3.31. The summed E-state index contributed by atoms with van der Waals surface area (Å²) in [6.45, 7) is 0. The second-order valence-corrected chi connectivity index (χ2v) is 6.24. The maximum Gasteiger partial charge on any atom is 0.271 e. The summed E-state index contributed by atoms with van der Waals surface area (Å²) >= 11 is 17.5. The van der Waals surface area contributed by atoms with Gasteiger partial charge in [-0.05, 0) is 36.4 Å². The van der Waals surface area contributed by atoms with Crippen molar-refractivity contribution in [1.82, 2.24) is 5.43 Å². The van der Waals surface area contributed by atoms with Gasteiger partial charge in [0.05, 0.1) is 27.2 Å². The summed E-state index contributed by atoms with van der Waals surface area (Å²) < 4.78 is 5.35. The van der Waals surface area contributed by atoms with Gasteiger partial charge in [0, 0.05) is 10.6 Å². The first-order valence-corrected chi connectivity index (χ1v) is 8.08. The lowest BCUT2D eigenvalue weighted by molar-refractivity contribution is 0.0955. The van der Waals surface area contributed by atoms with E-state index in [-0.39, 0.29) is 21.6 Å². The van der Waals surface area contributed by atoms with E-state index in [0.717, 1.165) is 0 Å². The summed E-state index contributed by atoms with van der Waals surface area (Å²) in [5.41, 5.74) is 2.85. The molecule has 0 bridgehead atoms. The summed E-state index contributed by atoms with van der Waals surface area (Å²) in [5, 5.41) is 5.11. The molecule has 2 aromatic carbocycles. The molecule has 3 aromatic rings. The molecule has 1 heterocycles. The van der Waals surface area contributed by atoms with Crippen LogP contribution >= 0.6 is 34.8 Å². The van der Waals surface area contributed by atoms with Crippen molar-refractivity contribution in [2.24, 2.45) is 5.10 Å². The molecular formula is C17H9Cl3N2O3. The van der Waals surface area contributed by atoms with Gasteiger partial charge in [-0.3, -0.25) is 9.59 Å². The van der Waals surface area contributed by atoms with Gasteiger partial charge in [-0.2, -0.15) is 5.10 Å². The molecule has 3 rings (SSSR count). The van der Waals surface area contributed by atoms with Crippen LogP contribution in [-0.4, -0.2) is 12.1 Å². The molecule has 0 aliphatic rings. The lowest BCUT2D eigenvalue weighted by Gasteiger charge is -2.02. The van der Waals surface area contributed by atoms with E-state index in [1.807, 2.05) is 0 Å². The van der Waals surface area contributed by atoms with E-state index in [9.17, 15) is 9.59 Å². The molecule has 8 heteroatoms. The first-order chi connectivity index (χ1) is 12.0. The molecule has 0 spiro atoms. The van der Waals surface area contributed by atoms with Crippen molar-refractivity contribution in [1.29, 1.82) is 0 Å². The number of hydrogen-bond acceptors (Lipinski definition) is 4. The number of benzene rings is 2. The van der Waals surface area contributed by atoms with Crippen molar-refractivity contribution in [2.45, 2.75) is 0 Å². The van der Waals surface area contributed by atoms with Crippen LogP contribution in [0.2, 0.25) is 15.1 Å². The zero-order chi connectivity index (χ0) is 18.0. The van der Waals surface area contributed by atoms with Crippen LogP contribution < -0.4 is 10.9 Å². The van der Waals surface area contributed by atoms with Crippen molar-refractivity contribution >= 4 is 57.9 Å².